The van der Waals surface area contributed by atoms with Crippen molar-refractivity contribution in [3.05, 3.63) is 35.1 Å². The molecule has 1 unspecified atom stereocenters. The lowest BCUT2D eigenvalue weighted by Crippen LogP contribution is -2.42. The lowest BCUT2D eigenvalue weighted by Gasteiger charge is -2.28. The van der Waals surface area contributed by atoms with Crippen molar-refractivity contribution >= 4 is 11.6 Å². The van der Waals surface area contributed by atoms with Gasteiger partial charge in [-0.2, -0.15) is 8.78 Å². The summed E-state index contributed by atoms with van der Waals surface area (Å²) in [6, 6.07) is 3.40. The first kappa shape index (κ1) is 17.8. The number of terminal acetylenes is 1. The zero-order chi connectivity index (χ0) is 15.3. The molecule has 106 valence electrons. The Kier molecular flexibility index (Phi) is 6.37. The molecular weight excluding hydrogens is 279 g/mol. The maximum absolute atomic E-state index is 13.8. The Morgan fingerprint density at radius 3 is 2.37 bits per heavy atom. The van der Waals surface area contributed by atoms with Gasteiger partial charge in [0, 0.05) is 18.5 Å². The highest BCUT2D eigenvalue weighted by atomic mass is 35.5. The summed E-state index contributed by atoms with van der Waals surface area (Å²) in [5, 5.41) is 9.41. The highest BCUT2D eigenvalue weighted by molar-refractivity contribution is 6.15. The molecule has 0 radical (unpaired) electrons. The Morgan fingerprint density at radius 2 is 1.95 bits per heavy atom. The monoisotopic (exact) mass is 293 g/mol. The number of nitrogens with two attached hydrogens (primary N) is 1. The molecule has 1 atom stereocenters. The smallest absolute Gasteiger partial charge is 0.314 e. The van der Waals surface area contributed by atoms with Crippen molar-refractivity contribution in [1.82, 2.24) is 0 Å². The second-order valence-corrected chi connectivity index (χ2v) is 3.77. The summed E-state index contributed by atoms with van der Waals surface area (Å²) in [4.78, 5) is 0. The maximum Gasteiger partial charge on any atom is 0.314 e. The van der Waals surface area contributed by atoms with E-state index in [0.29, 0.717) is 0 Å². The summed E-state index contributed by atoms with van der Waals surface area (Å²) in [5.74, 6) is -3.48. The summed E-state index contributed by atoms with van der Waals surface area (Å²) < 4.78 is 41.4. The van der Waals surface area contributed by atoms with E-state index in [0.717, 1.165) is 13.0 Å². The van der Waals surface area contributed by atoms with E-state index in [1.165, 1.54) is 18.5 Å². The van der Waals surface area contributed by atoms with E-state index < -0.39 is 22.9 Å². The molecule has 0 aliphatic rings. The molecule has 0 amide bonds. The molecule has 2 nitrogen and oxygen atoms in total. The minimum absolute atomic E-state index is 0.0602. The van der Waals surface area contributed by atoms with Crippen molar-refractivity contribution in [2.45, 2.75) is 25.0 Å². The third-order valence-corrected chi connectivity index (χ3v) is 2.53. The molecule has 0 aromatic heterocycles. The van der Waals surface area contributed by atoms with Crippen molar-refractivity contribution < 1.29 is 18.3 Å². The Bertz CT molecular complexity index is 469. The van der Waals surface area contributed by atoms with Crippen LogP contribution in [-0.4, -0.2) is 17.1 Å². The number of hydrogen-bond acceptors (Lipinski definition) is 2. The van der Waals surface area contributed by atoms with E-state index >= 15 is 0 Å². The van der Waals surface area contributed by atoms with Crippen LogP contribution in [-0.2, 0) is 12.5 Å². The molecule has 0 heterocycles. The summed E-state index contributed by atoms with van der Waals surface area (Å²) in [5.41, 5.74) is 1.44. The second-order valence-electron chi connectivity index (χ2n) is 3.77. The standard InChI is InChI=1S/C12H12F3NO.CH3Cl/c1-3-11(2,17)12(14,15)9-6-4-5-8(7-16)10(9)13;1-2/h1,4-6,17H,7,16H2,2H3;1H3. The molecule has 0 aliphatic carbocycles. The lowest BCUT2D eigenvalue weighted by molar-refractivity contribution is -0.148. The van der Waals surface area contributed by atoms with Crippen LogP contribution in [0.5, 0.6) is 0 Å². The van der Waals surface area contributed by atoms with Gasteiger partial charge in [0.1, 0.15) is 5.82 Å². The van der Waals surface area contributed by atoms with Crippen molar-refractivity contribution in [2.24, 2.45) is 5.73 Å². The molecule has 1 rings (SSSR count). The van der Waals surface area contributed by atoms with Crippen molar-refractivity contribution in [2.75, 3.05) is 6.38 Å². The van der Waals surface area contributed by atoms with E-state index in [4.69, 9.17) is 12.2 Å². The van der Waals surface area contributed by atoms with Crippen LogP contribution in [0.2, 0.25) is 0 Å². The highest BCUT2D eigenvalue weighted by Crippen LogP contribution is 2.40. The highest BCUT2D eigenvalue weighted by Gasteiger charge is 2.51. The number of halogens is 4. The van der Waals surface area contributed by atoms with Crippen LogP contribution < -0.4 is 5.73 Å². The Morgan fingerprint density at radius 1 is 1.42 bits per heavy atom. The van der Waals surface area contributed by atoms with Crippen LogP contribution in [0.3, 0.4) is 0 Å². The van der Waals surface area contributed by atoms with Gasteiger partial charge >= 0.3 is 5.92 Å². The van der Waals surface area contributed by atoms with Crippen LogP contribution in [0, 0.1) is 18.2 Å². The third-order valence-electron chi connectivity index (χ3n) is 2.53. The topological polar surface area (TPSA) is 46.2 Å². The normalized spacial score (nSPS) is 13.8. The van der Waals surface area contributed by atoms with Crippen LogP contribution in [0.25, 0.3) is 0 Å². The SMILES string of the molecule is C#CC(C)(O)C(F)(F)c1cccc(CN)c1F.CCl. The van der Waals surface area contributed by atoms with E-state index in [2.05, 4.69) is 11.6 Å². The van der Waals surface area contributed by atoms with Gasteiger partial charge in [0.15, 0.2) is 5.60 Å². The number of rotatable bonds is 3. The van der Waals surface area contributed by atoms with Gasteiger partial charge in [-0.15, -0.1) is 18.0 Å². The molecule has 0 saturated carbocycles. The van der Waals surface area contributed by atoms with Gasteiger partial charge in [0.2, 0.25) is 0 Å². The van der Waals surface area contributed by atoms with Crippen LogP contribution in [0.4, 0.5) is 13.2 Å². The van der Waals surface area contributed by atoms with Gasteiger partial charge in [0.05, 0.1) is 5.56 Å². The Balaban J connectivity index is 0.00000154. The fourth-order valence-electron chi connectivity index (χ4n) is 1.33. The molecule has 1 aromatic carbocycles. The van der Waals surface area contributed by atoms with Gasteiger partial charge in [0.25, 0.3) is 0 Å². The van der Waals surface area contributed by atoms with Crippen LogP contribution >= 0.6 is 11.6 Å². The van der Waals surface area contributed by atoms with Crippen molar-refractivity contribution in [3.8, 4) is 12.3 Å². The molecule has 19 heavy (non-hydrogen) atoms. The lowest BCUT2D eigenvalue weighted by atomic mass is 9.91. The fourth-order valence-corrected chi connectivity index (χ4v) is 1.33. The quantitative estimate of drug-likeness (QED) is 0.665. The van der Waals surface area contributed by atoms with Gasteiger partial charge in [-0.25, -0.2) is 4.39 Å². The summed E-state index contributed by atoms with van der Waals surface area (Å²) in [6.07, 6.45) is 6.30. The minimum atomic E-state index is -3.89. The van der Waals surface area contributed by atoms with E-state index in [9.17, 15) is 18.3 Å². The van der Waals surface area contributed by atoms with Crippen molar-refractivity contribution in [3.63, 3.8) is 0 Å². The Labute approximate surface area is 115 Å². The molecule has 0 fully saturated rings. The molecule has 0 aliphatic heterocycles. The number of hydrogen-bond donors (Lipinski definition) is 2. The molecule has 1 aromatic rings. The van der Waals surface area contributed by atoms with Crippen LogP contribution in [0.1, 0.15) is 18.1 Å². The third kappa shape index (κ3) is 3.41. The summed E-state index contributed by atoms with van der Waals surface area (Å²) >= 11 is 4.64. The van der Waals surface area contributed by atoms with Gasteiger partial charge in [-0.1, -0.05) is 18.1 Å². The average Bonchev–Trinajstić information content (AvgIpc) is 2.40. The summed E-state index contributed by atoms with van der Waals surface area (Å²) in [7, 11) is 0. The average molecular weight is 294 g/mol. The van der Waals surface area contributed by atoms with Crippen molar-refractivity contribution in [1.29, 1.82) is 0 Å². The molecule has 0 saturated heterocycles. The van der Waals surface area contributed by atoms with E-state index in [-0.39, 0.29) is 12.1 Å². The fraction of sp³-hybridized carbons (Fsp3) is 0.385. The number of alkyl halides is 3. The zero-order valence-electron chi connectivity index (χ0n) is 10.6. The minimum Gasteiger partial charge on any atom is -0.372 e. The van der Waals surface area contributed by atoms with Crippen LogP contribution in [0.15, 0.2) is 18.2 Å². The Hall–Kier alpha value is -1.22. The van der Waals surface area contributed by atoms with Gasteiger partial charge < -0.3 is 10.8 Å². The number of aliphatic hydroxyl groups is 1. The first-order chi connectivity index (χ1) is 8.78. The number of benzene rings is 1. The summed E-state index contributed by atoms with van der Waals surface area (Å²) in [6.45, 7) is 0.537. The van der Waals surface area contributed by atoms with E-state index in [1.54, 1.807) is 5.92 Å². The van der Waals surface area contributed by atoms with Gasteiger partial charge in [-0.05, 0) is 13.0 Å². The van der Waals surface area contributed by atoms with Gasteiger partial charge in [-0.3, -0.25) is 0 Å². The first-order valence-corrected chi connectivity index (χ1v) is 5.97. The largest absolute Gasteiger partial charge is 0.372 e. The molecule has 0 bridgehead atoms. The predicted octanol–water partition coefficient (Wildman–Crippen LogP) is 2.62. The molecule has 3 N–H and O–H groups in total. The molecular formula is C13H15ClF3NO. The zero-order valence-corrected chi connectivity index (χ0v) is 11.3. The second kappa shape index (κ2) is 6.80. The predicted molar refractivity (Wildman–Crippen MR) is 69.4 cm³/mol. The molecule has 0 spiro atoms. The first-order valence-electron chi connectivity index (χ1n) is 5.21. The maximum atomic E-state index is 13.8. The van der Waals surface area contributed by atoms with E-state index in [1.807, 2.05) is 0 Å². The molecule has 6 heteroatoms.